The van der Waals surface area contributed by atoms with Crippen LogP contribution in [0.3, 0.4) is 0 Å². The fourth-order valence-electron chi connectivity index (χ4n) is 0. The standard InChI is InChI=1S/Al.Au.S.Zn.H. The second-order valence-electron chi connectivity index (χ2n) is 0. The molecule has 0 aromatic carbocycles. The molecule has 0 rings (SSSR count). The molecule has 0 saturated heterocycles. The molecule has 0 aliphatic carbocycles. The molecule has 0 aliphatic rings. The average Bonchev–Trinajstić information content (AvgIpc) is 1.00. The smallest absolute Gasteiger partial charge is 0 e. The van der Waals surface area contributed by atoms with E-state index in [1.807, 2.05) is 0 Å². The van der Waals surface area contributed by atoms with Crippen LogP contribution >= 0.6 is 10.5 Å². The van der Waals surface area contributed by atoms with Crippen molar-refractivity contribution in [2.75, 3.05) is 0 Å². The third kappa shape index (κ3) is 8.93. The molecule has 0 atom stereocenters. The van der Waals surface area contributed by atoms with Crippen molar-refractivity contribution in [3.8, 4) is 0 Å². The van der Waals surface area contributed by atoms with Crippen LogP contribution in [-0.4, -0.2) is 14.6 Å². The van der Waals surface area contributed by atoms with Crippen molar-refractivity contribution in [3.63, 3.8) is 0 Å². The maximum atomic E-state index is 4.11. The zero-order valence-corrected chi connectivity index (χ0v) is 9.49. The van der Waals surface area contributed by atoms with Gasteiger partial charge in [0, 0.05) is 41.9 Å². The molecule has 0 spiro atoms. The van der Waals surface area contributed by atoms with Gasteiger partial charge in [0.25, 0.3) is 0 Å². The van der Waals surface area contributed by atoms with Crippen LogP contribution in [0.1, 0.15) is 0 Å². The summed E-state index contributed by atoms with van der Waals surface area (Å²) in [6.45, 7) is 0. The first-order valence-electron chi connectivity index (χ1n) is 0.289. The van der Waals surface area contributed by atoms with Crippen LogP contribution in [0.15, 0.2) is 0 Å². The number of hydrogen-bond donors (Lipinski definition) is 0. The Labute approximate surface area is 66.2 Å². The molecular formula is HAlAuSZn. The average molecular weight is 322 g/mol. The second-order valence-corrected chi connectivity index (χ2v) is 0. The van der Waals surface area contributed by atoms with Crippen LogP contribution in [-0.2, 0) is 41.9 Å². The minimum atomic E-state index is 0. The van der Waals surface area contributed by atoms with Crippen molar-refractivity contribution in [3.05, 3.63) is 0 Å². The monoisotopic (exact) mass is 321 g/mol. The van der Waals surface area contributed by atoms with E-state index in [1.165, 1.54) is 14.6 Å². The maximum absolute atomic E-state index is 4.11. The Kier molecular flexibility index (Phi) is 79.8. The van der Waals surface area contributed by atoms with Crippen LogP contribution in [0.2, 0.25) is 0 Å². The van der Waals surface area contributed by atoms with E-state index >= 15 is 0 Å². The first-order chi connectivity index (χ1) is 1.00. The molecule has 0 saturated carbocycles. The molecule has 0 aromatic rings. The van der Waals surface area contributed by atoms with Crippen LogP contribution < -0.4 is 0 Å². The zero-order chi connectivity index (χ0) is 2.00. The van der Waals surface area contributed by atoms with E-state index in [1.54, 1.807) is 0 Å². The summed E-state index contributed by atoms with van der Waals surface area (Å²) >= 11 is 1.44. The fraction of sp³-hybridized carbons (Fsp3) is 0. The van der Waals surface area contributed by atoms with Gasteiger partial charge < -0.3 is 0 Å². The van der Waals surface area contributed by atoms with Crippen LogP contribution in [0.4, 0.5) is 0 Å². The van der Waals surface area contributed by atoms with E-state index in [-0.39, 0.29) is 41.9 Å². The molecule has 0 aliphatic heterocycles. The summed E-state index contributed by atoms with van der Waals surface area (Å²) < 4.78 is 0. The van der Waals surface area contributed by atoms with Gasteiger partial charge in [-0.05, 0) is 0 Å². The van der Waals surface area contributed by atoms with Gasteiger partial charge in [-0.15, -0.1) is 0 Å². The molecule has 0 fully saturated rings. The summed E-state index contributed by atoms with van der Waals surface area (Å²) in [4.78, 5) is 0. The third-order valence-electron chi connectivity index (χ3n) is 0. The number of hydrogen-bond acceptors (Lipinski definition) is 1. The summed E-state index contributed by atoms with van der Waals surface area (Å²) in [5.74, 6) is 0. The Hall–Kier alpha value is 2.12. The fourth-order valence-corrected chi connectivity index (χ4v) is 0. The van der Waals surface area contributed by atoms with E-state index < -0.39 is 0 Å². The summed E-state index contributed by atoms with van der Waals surface area (Å²) in [6, 6.07) is 0. The molecule has 0 bridgehead atoms. The Morgan fingerprint density at radius 2 is 1.25 bits per heavy atom. The molecule has 1 radical (unpaired) electrons. The van der Waals surface area contributed by atoms with Gasteiger partial charge >= 0.3 is 25.1 Å². The van der Waals surface area contributed by atoms with Gasteiger partial charge in [0.05, 0.1) is 0 Å². The van der Waals surface area contributed by atoms with Gasteiger partial charge in [-0.1, -0.05) is 0 Å². The van der Waals surface area contributed by atoms with Gasteiger partial charge in [-0.2, -0.15) is 0 Å². The maximum Gasteiger partial charge on any atom is 0 e. The summed E-state index contributed by atoms with van der Waals surface area (Å²) in [6.07, 6.45) is 0. The summed E-state index contributed by atoms with van der Waals surface area (Å²) in [7, 11) is 4.11. The molecule has 0 amide bonds. The van der Waals surface area contributed by atoms with Crippen molar-refractivity contribution in [2.45, 2.75) is 0 Å². The van der Waals surface area contributed by atoms with Crippen molar-refractivity contribution in [2.24, 2.45) is 0 Å². The first kappa shape index (κ1) is 16.5. The summed E-state index contributed by atoms with van der Waals surface area (Å²) in [5, 5.41) is 0. The van der Waals surface area contributed by atoms with Crippen LogP contribution in [0.25, 0.3) is 0 Å². The van der Waals surface area contributed by atoms with Gasteiger partial charge in [0.1, 0.15) is 0 Å². The van der Waals surface area contributed by atoms with Gasteiger partial charge in [0.2, 0.25) is 0 Å². The first-order valence-corrected chi connectivity index (χ1v) is 2.60. The van der Waals surface area contributed by atoms with Crippen molar-refractivity contribution in [1.82, 2.24) is 0 Å². The van der Waals surface area contributed by atoms with Gasteiger partial charge in [-0.3, -0.25) is 0 Å². The predicted molar refractivity (Wildman–Crippen MR) is 14.7 cm³/mol. The Balaban J connectivity index is -0.00000000500. The third-order valence-corrected chi connectivity index (χ3v) is 0. The molecule has 23 valence electrons. The van der Waals surface area contributed by atoms with Crippen molar-refractivity contribution < 1.29 is 41.9 Å². The van der Waals surface area contributed by atoms with Crippen molar-refractivity contribution in [1.29, 1.82) is 0 Å². The second kappa shape index (κ2) is 19.4. The Morgan fingerprint density at radius 3 is 1.25 bits per heavy atom. The van der Waals surface area contributed by atoms with Gasteiger partial charge in [0.15, 0.2) is 0 Å². The zero-order valence-electron chi connectivity index (χ0n) is 2.12. The van der Waals surface area contributed by atoms with Crippen molar-refractivity contribution >= 4 is 25.1 Å². The molecule has 0 heterocycles. The van der Waals surface area contributed by atoms with E-state index in [4.69, 9.17) is 0 Å². The van der Waals surface area contributed by atoms with Crippen LogP contribution in [0.5, 0.6) is 0 Å². The summed E-state index contributed by atoms with van der Waals surface area (Å²) in [5.41, 5.74) is 0. The molecule has 4 heteroatoms. The molecule has 0 aromatic heterocycles. The van der Waals surface area contributed by atoms with E-state index in [0.717, 1.165) is 0 Å². The molecule has 0 N–H and O–H groups in total. The molecule has 0 unspecified atom stereocenters. The quantitative estimate of drug-likeness (QED) is 0.566. The number of rotatable bonds is 0. The Morgan fingerprint density at radius 1 is 1.25 bits per heavy atom. The predicted octanol–water partition coefficient (Wildman–Crippen LogP) is -0.00530. The van der Waals surface area contributed by atoms with E-state index in [9.17, 15) is 0 Å². The van der Waals surface area contributed by atoms with E-state index in [0.29, 0.717) is 0 Å². The van der Waals surface area contributed by atoms with Gasteiger partial charge in [-0.25, -0.2) is 0 Å². The van der Waals surface area contributed by atoms with E-state index in [2.05, 4.69) is 10.5 Å². The Bertz CT molecular complexity index is 8.00. The molecule has 4 heavy (non-hydrogen) atoms. The normalized spacial score (nSPS) is 0.750. The minimum Gasteiger partial charge on any atom is 0 e. The van der Waals surface area contributed by atoms with Crippen LogP contribution in [0, 0.1) is 0 Å². The minimum absolute atomic E-state index is 0. The molecule has 0 nitrogen and oxygen atoms in total. The topological polar surface area (TPSA) is 0 Å². The molecular weight excluding hydrogens is 321 g/mol. The SMILES string of the molecule is [AlH]=[S].[Au].[Zn]. The largest absolute Gasteiger partial charge is 0 e.